The van der Waals surface area contributed by atoms with Crippen LogP contribution in [0.5, 0.6) is 0 Å². The van der Waals surface area contributed by atoms with Gasteiger partial charge in [0, 0.05) is 37.9 Å². The highest BCUT2D eigenvalue weighted by molar-refractivity contribution is 7.12. The van der Waals surface area contributed by atoms with Gasteiger partial charge in [0.2, 0.25) is 0 Å². The number of piperidine rings is 1. The lowest BCUT2D eigenvalue weighted by Gasteiger charge is -2.36. The zero-order chi connectivity index (χ0) is 18.4. The van der Waals surface area contributed by atoms with Crippen molar-refractivity contribution >= 4 is 17.2 Å². The standard InChI is InChI=1S/C21H28N4OS/c1-14-19(23-13-22-14)11-24-8-15-6-7-17(10-24)25(9-15)21(26)20-18-5-3-2-4-16(18)12-27-20/h12-13,15,17H,2-11H2,1H3,(H,22,23)/t15-,17+/m0/s1. The predicted molar refractivity (Wildman–Crippen MR) is 107 cm³/mol. The van der Waals surface area contributed by atoms with E-state index in [1.807, 2.05) is 0 Å². The molecule has 2 atom stereocenters. The minimum absolute atomic E-state index is 0.302. The highest BCUT2D eigenvalue weighted by Crippen LogP contribution is 2.34. The van der Waals surface area contributed by atoms with Crippen molar-refractivity contribution in [2.45, 2.75) is 58.0 Å². The average molecular weight is 385 g/mol. The quantitative estimate of drug-likeness (QED) is 0.882. The first kappa shape index (κ1) is 17.4. The number of thiophene rings is 1. The Kier molecular flexibility index (Phi) is 4.56. The maximum atomic E-state index is 13.5. The lowest BCUT2D eigenvalue weighted by molar-refractivity contribution is 0.0588. The Bertz CT molecular complexity index is 841. The van der Waals surface area contributed by atoms with Crippen LogP contribution in [0.2, 0.25) is 0 Å². The third-order valence-electron chi connectivity index (χ3n) is 6.66. The van der Waals surface area contributed by atoms with Crippen LogP contribution >= 0.6 is 11.3 Å². The summed E-state index contributed by atoms with van der Waals surface area (Å²) in [6, 6.07) is 0.344. The van der Waals surface area contributed by atoms with Crippen molar-refractivity contribution in [3.05, 3.63) is 39.1 Å². The van der Waals surface area contributed by atoms with Gasteiger partial charge < -0.3 is 9.88 Å². The molecule has 27 heavy (non-hydrogen) atoms. The number of amides is 1. The van der Waals surface area contributed by atoms with Gasteiger partial charge in [-0.1, -0.05) is 0 Å². The highest BCUT2D eigenvalue weighted by atomic mass is 32.1. The Hall–Kier alpha value is -1.66. The van der Waals surface area contributed by atoms with Crippen molar-refractivity contribution < 1.29 is 4.79 Å². The monoisotopic (exact) mass is 384 g/mol. The molecule has 3 saturated heterocycles. The Morgan fingerprint density at radius 3 is 3.00 bits per heavy atom. The van der Waals surface area contributed by atoms with E-state index in [-0.39, 0.29) is 0 Å². The normalized spacial score (nSPS) is 25.4. The van der Waals surface area contributed by atoms with E-state index in [1.165, 1.54) is 30.4 Å². The van der Waals surface area contributed by atoms with E-state index in [9.17, 15) is 4.79 Å². The number of aryl methyl sites for hydroxylation is 2. The molecule has 1 aliphatic carbocycles. The van der Waals surface area contributed by atoms with Crippen LogP contribution in [0.15, 0.2) is 11.7 Å². The molecule has 144 valence electrons. The minimum Gasteiger partial charge on any atom is -0.348 e. The summed E-state index contributed by atoms with van der Waals surface area (Å²) < 4.78 is 0. The van der Waals surface area contributed by atoms with E-state index < -0.39 is 0 Å². The molecule has 3 aliphatic heterocycles. The number of imidazole rings is 1. The number of carbonyl (C=O) groups excluding carboxylic acids is 1. The van der Waals surface area contributed by atoms with Gasteiger partial charge in [0.15, 0.2) is 0 Å². The van der Waals surface area contributed by atoms with E-state index >= 15 is 0 Å². The molecule has 0 radical (unpaired) electrons. The lowest BCUT2D eigenvalue weighted by Crippen LogP contribution is -2.47. The number of H-pyrrole nitrogens is 1. The minimum atomic E-state index is 0.302. The number of aromatic amines is 1. The zero-order valence-corrected chi connectivity index (χ0v) is 16.9. The molecule has 1 amide bonds. The summed E-state index contributed by atoms with van der Waals surface area (Å²) in [5.41, 5.74) is 5.09. The molecule has 0 unspecified atom stereocenters. The van der Waals surface area contributed by atoms with Crippen LogP contribution in [0.25, 0.3) is 0 Å². The Morgan fingerprint density at radius 2 is 2.15 bits per heavy atom. The largest absolute Gasteiger partial charge is 0.348 e. The van der Waals surface area contributed by atoms with E-state index in [1.54, 1.807) is 17.7 Å². The molecule has 5 nitrogen and oxygen atoms in total. The second-order valence-electron chi connectivity index (χ2n) is 8.50. The van der Waals surface area contributed by atoms with Gasteiger partial charge in [0.05, 0.1) is 16.9 Å². The van der Waals surface area contributed by atoms with Gasteiger partial charge in [-0.2, -0.15) is 0 Å². The van der Waals surface area contributed by atoms with Crippen molar-refractivity contribution in [3.8, 4) is 0 Å². The third-order valence-corrected chi connectivity index (χ3v) is 7.71. The molecule has 6 rings (SSSR count). The number of nitrogens with zero attached hydrogens (tertiary/aromatic N) is 3. The summed E-state index contributed by atoms with van der Waals surface area (Å²) in [7, 11) is 0. The fourth-order valence-electron chi connectivity index (χ4n) is 5.14. The first-order chi connectivity index (χ1) is 13.2. The zero-order valence-electron chi connectivity index (χ0n) is 16.0. The molecular formula is C21H28N4OS. The van der Waals surface area contributed by atoms with Crippen molar-refractivity contribution in [3.63, 3.8) is 0 Å². The number of fused-ring (bicyclic) bond motifs is 5. The molecule has 6 heteroatoms. The fourth-order valence-corrected chi connectivity index (χ4v) is 6.26. The maximum absolute atomic E-state index is 13.5. The first-order valence-electron chi connectivity index (χ1n) is 10.3. The predicted octanol–water partition coefficient (Wildman–Crippen LogP) is 3.40. The van der Waals surface area contributed by atoms with E-state index in [4.69, 9.17) is 0 Å². The molecule has 1 N–H and O–H groups in total. The Balaban J connectivity index is 1.35. The van der Waals surface area contributed by atoms with Crippen LogP contribution < -0.4 is 0 Å². The smallest absolute Gasteiger partial charge is 0.264 e. The van der Waals surface area contributed by atoms with Gasteiger partial charge in [-0.3, -0.25) is 9.69 Å². The Labute approximate surface area is 164 Å². The van der Waals surface area contributed by atoms with Crippen molar-refractivity contribution in [2.24, 2.45) is 5.92 Å². The lowest BCUT2D eigenvalue weighted by atomic mass is 9.92. The van der Waals surface area contributed by atoms with Crippen LogP contribution in [-0.2, 0) is 19.4 Å². The van der Waals surface area contributed by atoms with E-state index in [2.05, 4.69) is 32.1 Å². The summed E-state index contributed by atoms with van der Waals surface area (Å²) in [5, 5.41) is 2.24. The topological polar surface area (TPSA) is 52.2 Å². The molecule has 0 aromatic carbocycles. The molecular weight excluding hydrogens is 356 g/mol. The number of hydrogen-bond acceptors (Lipinski definition) is 4. The number of hydrogen-bond donors (Lipinski definition) is 1. The van der Waals surface area contributed by atoms with Crippen LogP contribution in [0.4, 0.5) is 0 Å². The molecule has 5 heterocycles. The van der Waals surface area contributed by atoms with Crippen LogP contribution in [0, 0.1) is 12.8 Å². The molecule has 0 saturated carbocycles. The summed E-state index contributed by atoms with van der Waals surface area (Å²) in [4.78, 5) is 26.9. The summed E-state index contributed by atoms with van der Waals surface area (Å²) >= 11 is 1.69. The fraction of sp³-hybridized carbons (Fsp3) is 0.619. The molecule has 0 spiro atoms. The van der Waals surface area contributed by atoms with Crippen LogP contribution in [0.1, 0.15) is 57.9 Å². The molecule has 3 fully saturated rings. The molecule has 4 aliphatic rings. The SMILES string of the molecule is Cc1[nH]cnc1CN1C[C@@H]2CC[C@H](C1)N(C(=O)c1scc3c1CCCC3)C2. The third kappa shape index (κ3) is 3.23. The van der Waals surface area contributed by atoms with Gasteiger partial charge in [-0.25, -0.2) is 4.98 Å². The van der Waals surface area contributed by atoms with Crippen molar-refractivity contribution in [2.75, 3.05) is 19.6 Å². The second kappa shape index (κ2) is 7.06. The Morgan fingerprint density at radius 1 is 1.26 bits per heavy atom. The van der Waals surface area contributed by atoms with Gasteiger partial charge in [-0.15, -0.1) is 11.3 Å². The van der Waals surface area contributed by atoms with Gasteiger partial charge in [-0.05, 0) is 67.9 Å². The van der Waals surface area contributed by atoms with E-state index in [0.29, 0.717) is 17.9 Å². The number of aromatic nitrogens is 2. The summed E-state index contributed by atoms with van der Waals surface area (Å²) in [6.45, 7) is 5.95. The number of rotatable bonds is 3. The second-order valence-corrected chi connectivity index (χ2v) is 9.38. The first-order valence-corrected chi connectivity index (χ1v) is 11.2. The van der Waals surface area contributed by atoms with E-state index in [0.717, 1.165) is 61.7 Å². The molecule has 2 aromatic heterocycles. The van der Waals surface area contributed by atoms with Gasteiger partial charge in [0.1, 0.15) is 0 Å². The summed E-state index contributed by atoms with van der Waals surface area (Å²) in [6.07, 6.45) is 8.91. The highest BCUT2D eigenvalue weighted by Gasteiger charge is 2.38. The molecule has 2 bridgehead atoms. The van der Waals surface area contributed by atoms with Crippen molar-refractivity contribution in [1.82, 2.24) is 19.8 Å². The van der Waals surface area contributed by atoms with Gasteiger partial charge in [0.25, 0.3) is 5.91 Å². The summed E-state index contributed by atoms with van der Waals surface area (Å²) in [5.74, 6) is 0.887. The molecule has 2 aromatic rings. The van der Waals surface area contributed by atoms with Crippen molar-refractivity contribution in [1.29, 1.82) is 0 Å². The maximum Gasteiger partial charge on any atom is 0.264 e. The number of nitrogens with one attached hydrogen (secondary N) is 1. The van der Waals surface area contributed by atoms with Crippen LogP contribution in [-0.4, -0.2) is 51.4 Å². The van der Waals surface area contributed by atoms with Gasteiger partial charge >= 0.3 is 0 Å². The number of carbonyl (C=O) groups is 1. The average Bonchev–Trinajstić information content (AvgIpc) is 3.17. The van der Waals surface area contributed by atoms with Crippen LogP contribution in [0.3, 0.4) is 0 Å².